The van der Waals surface area contributed by atoms with Gasteiger partial charge in [-0.2, -0.15) is 5.10 Å². The molecule has 2 aliphatic heterocycles. The van der Waals surface area contributed by atoms with E-state index >= 15 is 0 Å². The number of para-hydroxylation sites is 1. The number of benzene rings is 2. The van der Waals surface area contributed by atoms with Crippen molar-refractivity contribution in [2.45, 2.75) is 56.9 Å². The van der Waals surface area contributed by atoms with E-state index in [2.05, 4.69) is 28.4 Å². The third kappa shape index (κ3) is 4.30. The Labute approximate surface area is 200 Å². The summed E-state index contributed by atoms with van der Waals surface area (Å²) in [6, 6.07) is 17.1. The molecule has 0 spiro atoms. The van der Waals surface area contributed by atoms with Crippen LogP contribution in [-0.4, -0.2) is 59.0 Å². The molecule has 2 saturated heterocycles. The number of rotatable bonds is 7. The van der Waals surface area contributed by atoms with Gasteiger partial charge in [0.05, 0.1) is 25.8 Å². The molecule has 1 unspecified atom stereocenters. The van der Waals surface area contributed by atoms with Gasteiger partial charge in [-0.05, 0) is 55.4 Å². The molecule has 2 aromatic carbocycles. The van der Waals surface area contributed by atoms with Crippen LogP contribution in [0.5, 0.6) is 5.75 Å². The molecule has 0 radical (unpaired) electrons. The van der Waals surface area contributed by atoms with E-state index in [0.29, 0.717) is 36.9 Å². The summed E-state index contributed by atoms with van der Waals surface area (Å²) >= 11 is 0. The number of ether oxygens (including phenoxy) is 2. The van der Waals surface area contributed by atoms with Crippen molar-refractivity contribution >= 4 is 16.8 Å². The Kier molecular flexibility index (Phi) is 5.75. The number of fused-ring (bicyclic) bond motifs is 3. The van der Waals surface area contributed by atoms with Crippen LogP contribution in [0.2, 0.25) is 0 Å². The van der Waals surface area contributed by atoms with E-state index in [9.17, 15) is 4.79 Å². The van der Waals surface area contributed by atoms with Gasteiger partial charge in [0.1, 0.15) is 5.75 Å². The highest BCUT2D eigenvalue weighted by Gasteiger charge is 2.39. The molecule has 6 rings (SSSR count). The molecule has 1 aromatic heterocycles. The van der Waals surface area contributed by atoms with Crippen LogP contribution in [0.1, 0.15) is 41.7 Å². The molecule has 3 fully saturated rings. The van der Waals surface area contributed by atoms with Crippen molar-refractivity contribution in [2.24, 2.45) is 5.92 Å². The largest absolute Gasteiger partial charge is 0.497 e. The molecule has 7 heteroatoms. The van der Waals surface area contributed by atoms with E-state index in [4.69, 9.17) is 14.6 Å². The van der Waals surface area contributed by atoms with Crippen LogP contribution in [0.15, 0.2) is 48.5 Å². The second-order valence-corrected chi connectivity index (χ2v) is 10.00. The first-order chi connectivity index (χ1) is 16.7. The van der Waals surface area contributed by atoms with Crippen molar-refractivity contribution < 1.29 is 14.3 Å². The summed E-state index contributed by atoms with van der Waals surface area (Å²) in [5.41, 5.74) is 2.88. The second-order valence-electron chi connectivity index (χ2n) is 10.00. The van der Waals surface area contributed by atoms with Crippen molar-refractivity contribution in [3.63, 3.8) is 0 Å². The summed E-state index contributed by atoms with van der Waals surface area (Å²) < 4.78 is 13.2. The first-order valence-electron chi connectivity index (χ1n) is 12.4. The van der Waals surface area contributed by atoms with Gasteiger partial charge < -0.3 is 14.8 Å². The summed E-state index contributed by atoms with van der Waals surface area (Å²) in [6.45, 7) is 3.20. The van der Waals surface area contributed by atoms with E-state index < -0.39 is 0 Å². The highest BCUT2D eigenvalue weighted by molar-refractivity contribution is 6.05. The van der Waals surface area contributed by atoms with Crippen molar-refractivity contribution in [2.75, 3.05) is 20.3 Å². The van der Waals surface area contributed by atoms with Gasteiger partial charge in [-0.25, -0.2) is 0 Å². The number of nitrogens with one attached hydrogen (secondary N) is 1. The third-order valence-electron chi connectivity index (χ3n) is 7.53. The summed E-state index contributed by atoms with van der Waals surface area (Å²) in [6.07, 6.45) is 4.30. The standard InChI is InChI=1S/C27H32N4O3/c1-33-23-10-8-18(9-11-23)14-30-21-12-20(13-22(30)17-34-16-21)28-27(32)26-24-4-2-3-5-25(24)31(29-26)15-19-6-7-19/h2-5,8-11,19-22H,6-7,12-17H2,1H3,(H,28,32)/t20?,21-,22+. The lowest BCUT2D eigenvalue weighted by Crippen LogP contribution is -2.60. The predicted molar refractivity (Wildman–Crippen MR) is 130 cm³/mol. The molecule has 1 N–H and O–H groups in total. The molecule has 34 heavy (non-hydrogen) atoms. The van der Waals surface area contributed by atoms with E-state index in [1.165, 1.54) is 18.4 Å². The molecule has 178 valence electrons. The highest BCUT2D eigenvalue weighted by Crippen LogP contribution is 2.33. The lowest BCUT2D eigenvalue weighted by atomic mass is 9.89. The Hall–Kier alpha value is -2.90. The van der Waals surface area contributed by atoms with Crippen molar-refractivity contribution in [1.82, 2.24) is 20.0 Å². The smallest absolute Gasteiger partial charge is 0.272 e. The zero-order valence-electron chi connectivity index (χ0n) is 19.7. The van der Waals surface area contributed by atoms with Crippen LogP contribution in [0.4, 0.5) is 0 Å². The van der Waals surface area contributed by atoms with Crippen molar-refractivity contribution in [3.05, 3.63) is 59.8 Å². The quantitative estimate of drug-likeness (QED) is 0.583. The minimum absolute atomic E-state index is 0.0571. The molecule has 1 saturated carbocycles. The molecule has 3 heterocycles. The zero-order chi connectivity index (χ0) is 23.1. The number of aromatic nitrogens is 2. The molecule has 2 bridgehead atoms. The Morgan fingerprint density at radius 1 is 1.09 bits per heavy atom. The van der Waals surface area contributed by atoms with Crippen LogP contribution in [0.3, 0.4) is 0 Å². The fourth-order valence-electron chi connectivity index (χ4n) is 5.54. The molecule has 3 atom stereocenters. The average Bonchev–Trinajstić information content (AvgIpc) is 3.59. The van der Waals surface area contributed by atoms with Crippen LogP contribution in [0, 0.1) is 5.92 Å². The van der Waals surface area contributed by atoms with Gasteiger partial charge in [0.25, 0.3) is 5.91 Å². The number of morpholine rings is 1. The number of amides is 1. The van der Waals surface area contributed by atoms with Gasteiger partial charge in [-0.3, -0.25) is 14.4 Å². The first kappa shape index (κ1) is 21.6. The van der Waals surface area contributed by atoms with Crippen LogP contribution in [-0.2, 0) is 17.8 Å². The van der Waals surface area contributed by atoms with E-state index in [1.54, 1.807) is 7.11 Å². The Morgan fingerprint density at radius 3 is 2.53 bits per heavy atom. The maximum Gasteiger partial charge on any atom is 0.272 e. The SMILES string of the molecule is COc1ccc(CN2[C@@H]3COC[C@H]2CC(NC(=O)c2nn(CC4CC4)c4ccccc24)C3)cc1. The topological polar surface area (TPSA) is 68.6 Å². The Bertz CT molecular complexity index is 1160. The lowest BCUT2D eigenvalue weighted by Gasteiger charge is -2.48. The molecule has 3 aromatic rings. The van der Waals surface area contributed by atoms with Gasteiger partial charge >= 0.3 is 0 Å². The van der Waals surface area contributed by atoms with E-state index in [0.717, 1.165) is 42.6 Å². The fourth-order valence-corrected chi connectivity index (χ4v) is 5.54. The number of hydrogen-bond acceptors (Lipinski definition) is 5. The Balaban J connectivity index is 1.15. The number of carbonyl (C=O) groups excluding carboxylic acids is 1. The van der Waals surface area contributed by atoms with Crippen LogP contribution in [0.25, 0.3) is 10.9 Å². The number of hydrogen-bond donors (Lipinski definition) is 1. The van der Waals surface area contributed by atoms with Gasteiger partial charge in [-0.15, -0.1) is 0 Å². The lowest BCUT2D eigenvalue weighted by molar-refractivity contribution is -0.0843. The number of methoxy groups -OCH3 is 1. The van der Waals surface area contributed by atoms with Crippen LogP contribution < -0.4 is 10.1 Å². The monoisotopic (exact) mass is 460 g/mol. The normalized spacial score (nSPS) is 24.8. The minimum Gasteiger partial charge on any atom is -0.497 e. The third-order valence-corrected chi connectivity index (χ3v) is 7.53. The van der Waals surface area contributed by atoms with Gasteiger partial charge in [-0.1, -0.05) is 30.3 Å². The van der Waals surface area contributed by atoms with Gasteiger partial charge in [0.15, 0.2) is 5.69 Å². The van der Waals surface area contributed by atoms with E-state index in [1.807, 2.05) is 35.0 Å². The van der Waals surface area contributed by atoms with Crippen molar-refractivity contribution in [1.29, 1.82) is 0 Å². The zero-order valence-corrected chi connectivity index (χ0v) is 19.7. The first-order valence-corrected chi connectivity index (χ1v) is 12.4. The maximum absolute atomic E-state index is 13.4. The van der Waals surface area contributed by atoms with Crippen molar-refractivity contribution in [3.8, 4) is 5.75 Å². The van der Waals surface area contributed by atoms with E-state index in [-0.39, 0.29) is 11.9 Å². The minimum atomic E-state index is -0.0571. The molecule has 7 nitrogen and oxygen atoms in total. The number of piperidine rings is 1. The average molecular weight is 461 g/mol. The summed E-state index contributed by atoms with van der Waals surface area (Å²) in [5.74, 6) is 1.52. The number of nitrogens with zero attached hydrogens (tertiary/aromatic N) is 3. The molecule has 1 aliphatic carbocycles. The molecular weight excluding hydrogens is 428 g/mol. The second kappa shape index (κ2) is 9.04. The van der Waals surface area contributed by atoms with Gasteiger partial charge in [0, 0.05) is 36.6 Å². The molecule has 3 aliphatic rings. The Morgan fingerprint density at radius 2 is 1.82 bits per heavy atom. The highest BCUT2D eigenvalue weighted by atomic mass is 16.5. The molecule has 1 amide bonds. The number of carbonyl (C=O) groups is 1. The fraction of sp³-hybridized carbons (Fsp3) is 0.481. The summed E-state index contributed by atoms with van der Waals surface area (Å²) in [7, 11) is 1.69. The maximum atomic E-state index is 13.4. The summed E-state index contributed by atoms with van der Waals surface area (Å²) in [5, 5.41) is 9.02. The predicted octanol–water partition coefficient (Wildman–Crippen LogP) is 3.62. The summed E-state index contributed by atoms with van der Waals surface area (Å²) in [4.78, 5) is 15.9. The molecular formula is C27H32N4O3. The van der Waals surface area contributed by atoms with Gasteiger partial charge in [0.2, 0.25) is 0 Å². The van der Waals surface area contributed by atoms with Crippen LogP contribution >= 0.6 is 0 Å².